The molecule has 0 fully saturated rings. The normalized spacial score (nSPS) is 11.2. The Morgan fingerprint density at radius 3 is 2.44 bits per heavy atom. The van der Waals surface area contributed by atoms with Crippen molar-refractivity contribution in [2.45, 2.75) is 6.61 Å². The lowest BCUT2D eigenvalue weighted by molar-refractivity contribution is -0.112. The molecule has 0 aliphatic carbocycles. The van der Waals surface area contributed by atoms with Gasteiger partial charge in [-0.1, -0.05) is 63.9 Å². The van der Waals surface area contributed by atoms with Crippen molar-refractivity contribution in [3.05, 3.63) is 110 Å². The molecule has 0 saturated carbocycles. The van der Waals surface area contributed by atoms with Crippen LogP contribution in [0.2, 0.25) is 5.02 Å². The fourth-order valence-electron chi connectivity index (χ4n) is 3.33. The Labute approximate surface area is 219 Å². The van der Waals surface area contributed by atoms with Crippen LogP contribution in [-0.2, 0) is 11.4 Å². The quantitative estimate of drug-likeness (QED) is 0.181. The number of carbonyl (C=O) groups is 1. The number of rotatable bonds is 6. The summed E-state index contributed by atoms with van der Waals surface area (Å²) in [5, 5.41) is 14.9. The molecule has 1 amide bonds. The first-order valence-electron chi connectivity index (χ1n) is 10.2. The molecule has 4 rings (SSSR count). The summed E-state index contributed by atoms with van der Waals surface area (Å²) in [4.78, 5) is 12.5. The van der Waals surface area contributed by atoms with Crippen LogP contribution in [0.3, 0.4) is 0 Å². The van der Waals surface area contributed by atoms with Gasteiger partial charge < -0.3 is 10.1 Å². The minimum Gasteiger partial charge on any atom is -0.486 e. The number of hydrogen-bond donors (Lipinski definition) is 1. The van der Waals surface area contributed by atoms with Gasteiger partial charge in [0.2, 0.25) is 0 Å². The maximum atomic E-state index is 12.5. The van der Waals surface area contributed by atoms with Gasteiger partial charge in [0.15, 0.2) is 5.75 Å². The highest BCUT2D eigenvalue weighted by Crippen LogP contribution is 2.36. The molecular weight excluding hydrogens is 580 g/mol. The molecule has 1 N–H and O–H groups in total. The van der Waals surface area contributed by atoms with E-state index >= 15 is 0 Å². The van der Waals surface area contributed by atoms with Crippen LogP contribution in [0.4, 0.5) is 5.69 Å². The number of nitrogens with one attached hydrogen (secondary N) is 1. The van der Waals surface area contributed by atoms with Crippen molar-refractivity contribution in [1.82, 2.24) is 0 Å². The first kappa shape index (κ1) is 24.0. The molecule has 0 aromatic heterocycles. The average Bonchev–Trinajstić information content (AvgIpc) is 2.83. The highest BCUT2D eigenvalue weighted by Gasteiger charge is 2.13. The molecule has 0 saturated heterocycles. The molecule has 7 heteroatoms. The van der Waals surface area contributed by atoms with Crippen LogP contribution in [0, 0.1) is 11.3 Å². The molecule has 4 nitrogen and oxygen atoms in total. The maximum Gasteiger partial charge on any atom is 0.266 e. The number of carbonyl (C=O) groups excluding carboxylic acids is 1. The predicted molar refractivity (Wildman–Crippen MR) is 144 cm³/mol. The zero-order valence-corrected chi connectivity index (χ0v) is 21.6. The third-order valence-corrected chi connectivity index (χ3v) is 6.39. The molecule has 0 aliphatic rings. The fourth-order valence-corrected chi connectivity index (χ4v) is 4.58. The third kappa shape index (κ3) is 5.87. The van der Waals surface area contributed by atoms with E-state index in [-0.39, 0.29) is 5.57 Å². The number of nitriles is 1. The smallest absolute Gasteiger partial charge is 0.266 e. The first-order chi connectivity index (χ1) is 16.4. The van der Waals surface area contributed by atoms with Crippen molar-refractivity contribution >= 4 is 71.9 Å². The average molecular weight is 597 g/mol. The van der Waals surface area contributed by atoms with Crippen LogP contribution in [0.1, 0.15) is 11.1 Å². The van der Waals surface area contributed by atoms with Crippen molar-refractivity contribution in [2.75, 3.05) is 5.32 Å². The molecule has 0 unspecified atom stereocenters. The van der Waals surface area contributed by atoms with Gasteiger partial charge in [-0.05, 0) is 86.4 Å². The Morgan fingerprint density at radius 2 is 1.74 bits per heavy atom. The molecule has 0 aliphatic heterocycles. The van der Waals surface area contributed by atoms with E-state index in [1.165, 1.54) is 11.5 Å². The molecule has 4 aromatic carbocycles. The predicted octanol–water partition coefficient (Wildman–Crippen LogP) is 8.14. The zero-order chi connectivity index (χ0) is 24.1. The lowest BCUT2D eigenvalue weighted by Crippen LogP contribution is -2.13. The van der Waals surface area contributed by atoms with Crippen LogP contribution in [0.5, 0.6) is 5.75 Å². The van der Waals surface area contributed by atoms with Gasteiger partial charge in [-0.3, -0.25) is 4.79 Å². The van der Waals surface area contributed by atoms with Gasteiger partial charge in [0.05, 0.1) is 9.50 Å². The van der Waals surface area contributed by atoms with Gasteiger partial charge in [-0.25, -0.2) is 0 Å². The van der Waals surface area contributed by atoms with Crippen molar-refractivity contribution in [3.63, 3.8) is 0 Å². The van der Waals surface area contributed by atoms with Gasteiger partial charge in [-0.15, -0.1) is 0 Å². The number of fused-ring (bicyclic) bond motifs is 1. The number of benzene rings is 4. The summed E-state index contributed by atoms with van der Waals surface area (Å²) in [6.07, 6.45) is 1.48. The van der Waals surface area contributed by atoms with Crippen molar-refractivity contribution in [3.8, 4) is 11.8 Å². The summed E-state index contributed by atoms with van der Waals surface area (Å²) >= 11 is 13.3. The van der Waals surface area contributed by atoms with E-state index < -0.39 is 5.91 Å². The van der Waals surface area contributed by atoms with Gasteiger partial charge in [-0.2, -0.15) is 5.26 Å². The number of hydrogen-bond acceptors (Lipinski definition) is 3. The molecule has 0 heterocycles. The number of anilines is 1. The highest BCUT2D eigenvalue weighted by molar-refractivity contribution is 9.10. The second-order valence-electron chi connectivity index (χ2n) is 7.41. The number of nitrogens with zero attached hydrogens (tertiary/aromatic N) is 1. The van der Waals surface area contributed by atoms with Crippen LogP contribution in [0.25, 0.3) is 16.8 Å². The summed E-state index contributed by atoms with van der Waals surface area (Å²) < 4.78 is 7.49. The number of halogens is 3. The first-order valence-corrected chi connectivity index (χ1v) is 12.2. The minimum atomic E-state index is -0.506. The Kier molecular flexibility index (Phi) is 7.69. The Bertz CT molecular complexity index is 1420. The van der Waals surface area contributed by atoms with Gasteiger partial charge in [0.25, 0.3) is 5.91 Å². The molecule has 0 bridgehead atoms. The van der Waals surface area contributed by atoms with Crippen LogP contribution >= 0.6 is 43.5 Å². The molecule has 0 atom stereocenters. The number of amides is 1. The largest absolute Gasteiger partial charge is 0.486 e. The van der Waals surface area contributed by atoms with Crippen LogP contribution in [0.15, 0.2) is 93.4 Å². The van der Waals surface area contributed by atoms with Crippen LogP contribution < -0.4 is 10.1 Å². The SMILES string of the molecule is N#C/C(=C/c1cc(Cl)c(OCc2ccc3ccccc3c2)c(Br)c1)C(=O)Nc1ccc(Br)cc1. The molecule has 0 spiro atoms. The van der Waals surface area contributed by atoms with E-state index in [1.807, 2.05) is 24.3 Å². The highest BCUT2D eigenvalue weighted by atomic mass is 79.9. The molecule has 0 radical (unpaired) electrons. The number of ether oxygens (including phenoxy) is 1. The Morgan fingerprint density at radius 1 is 1.00 bits per heavy atom. The summed E-state index contributed by atoms with van der Waals surface area (Å²) in [7, 11) is 0. The third-order valence-electron chi connectivity index (χ3n) is 5.00. The van der Waals surface area contributed by atoms with E-state index in [9.17, 15) is 10.1 Å². The fraction of sp³-hybridized carbons (Fsp3) is 0.0370. The van der Waals surface area contributed by atoms with Gasteiger partial charge >= 0.3 is 0 Å². The topological polar surface area (TPSA) is 62.1 Å². The lowest BCUT2D eigenvalue weighted by Gasteiger charge is -2.12. The maximum absolute atomic E-state index is 12.5. The van der Waals surface area contributed by atoms with E-state index in [0.717, 1.165) is 15.4 Å². The summed E-state index contributed by atoms with van der Waals surface area (Å²) in [5.74, 6) is -0.0153. The molecule has 4 aromatic rings. The Hall–Kier alpha value is -3.11. The monoisotopic (exact) mass is 594 g/mol. The Balaban J connectivity index is 1.50. The minimum absolute atomic E-state index is 0.0456. The van der Waals surface area contributed by atoms with Crippen molar-refractivity contribution < 1.29 is 9.53 Å². The van der Waals surface area contributed by atoms with E-state index in [0.29, 0.717) is 33.1 Å². The molecule has 34 heavy (non-hydrogen) atoms. The molecular formula is C27H17Br2ClN2O2. The lowest BCUT2D eigenvalue weighted by atomic mass is 10.1. The second-order valence-corrected chi connectivity index (χ2v) is 9.59. The standard InChI is InChI=1S/C27H17Br2ClN2O2/c28-22-7-9-23(10-8-22)32-27(33)21(15-31)12-18-13-24(29)26(25(30)14-18)34-16-17-5-6-19-3-1-2-4-20(19)11-17/h1-14H,16H2,(H,32,33)/b21-12-. The summed E-state index contributed by atoms with van der Waals surface area (Å²) in [6, 6.07) is 26.7. The van der Waals surface area contributed by atoms with Gasteiger partial charge in [0.1, 0.15) is 18.2 Å². The second kappa shape index (κ2) is 10.9. The van der Waals surface area contributed by atoms with E-state index in [1.54, 1.807) is 36.4 Å². The van der Waals surface area contributed by atoms with Crippen LogP contribution in [-0.4, -0.2) is 5.91 Å². The van der Waals surface area contributed by atoms with E-state index in [2.05, 4.69) is 61.4 Å². The summed E-state index contributed by atoms with van der Waals surface area (Å²) in [6.45, 7) is 0.345. The zero-order valence-electron chi connectivity index (χ0n) is 17.7. The van der Waals surface area contributed by atoms with E-state index in [4.69, 9.17) is 16.3 Å². The van der Waals surface area contributed by atoms with Crippen molar-refractivity contribution in [1.29, 1.82) is 5.26 Å². The summed E-state index contributed by atoms with van der Waals surface area (Å²) in [5.41, 5.74) is 2.15. The van der Waals surface area contributed by atoms with Crippen molar-refractivity contribution in [2.24, 2.45) is 0 Å². The molecule has 168 valence electrons. The van der Waals surface area contributed by atoms with Gasteiger partial charge in [0, 0.05) is 10.2 Å².